The smallest absolute Gasteiger partial charge is 0.233 e. The summed E-state index contributed by atoms with van der Waals surface area (Å²) in [7, 11) is 1.58. The molecular formula is C15H21NO3. The molecule has 0 bridgehead atoms. The number of hydrogen-bond acceptors (Lipinski definition) is 3. The summed E-state index contributed by atoms with van der Waals surface area (Å²) in [4.78, 5) is 12.2. The number of carbonyl (C=O) groups is 1. The van der Waals surface area contributed by atoms with E-state index >= 15 is 0 Å². The Morgan fingerprint density at radius 2 is 2.16 bits per heavy atom. The molecule has 0 aromatic heterocycles. The van der Waals surface area contributed by atoms with E-state index in [-0.39, 0.29) is 12.5 Å². The molecule has 0 aliphatic heterocycles. The van der Waals surface area contributed by atoms with Crippen LogP contribution in [0.2, 0.25) is 0 Å². The van der Waals surface area contributed by atoms with Gasteiger partial charge in [0.25, 0.3) is 0 Å². The van der Waals surface area contributed by atoms with Crippen LogP contribution in [0, 0.1) is 5.41 Å². The maximum Gasteiger partial charge on any atom is 0.233 e. The molecule has 0 unspecified atom stereocenters. The lowest BCUT2D eigenvalue weighted by atomic mass is 10.0. The molecule has 0 saturated heterocycles. The van der Waals surface area contributed by atoms with Crippen molar-refractivity contribution in [3.8, 4) is 5.75 Å². The van der Waals surface area contributed by atoms with Crippen molar-refractivity contribution in [2.45, 2.75) is 32.6 Å². The topological polar surface area (TPSA) is 58.6 Å². The number of carbonyl (C=O) groups excluding carboxylic acids is 1. The summed E-state index contributed by atoms with van der Waals surface area (Å²) >= 11 is 0. The van der Waals surface area contributed by atoms with Gasteiger partial charge in [-0.2, -0.15) is 0 Å². The van der Waals surface area contributed by atoms with Gasteiger partial charge in [-0.25, -0.2) is 0 Å². The molecule has 0 heterocycles. The zero-order valence-corrected chi connectivity index (χ0v) is 11.7. The Morgan fingerprint density at radius 1 is 1.47 bits per heavy atom. The Bertz CT molecular complexity index is 478. The zero-order valence-electron chi connectivity index (χ0n) is 11.7. The van der Waals surface area contributed by atoms with E-state index in [1.807, 2.05) is 18.2 Å². The van der Waals surface area contributed by atoms with Gasteiger partial charge in [0.1, 0.15) is 5.75 Å². The summed E-state index contributed by atoms with van der Waals surface area (Å²) in [5.41, 5.74) is 1.25. The minimum atomic E-state index is -0.571. The SMILES string of the molecule is COc1ccc(C(C)C)cc1NC(=O)C1(CO)CC1. The third kappa shape index (κ3) is 2.73. The summed E-state index contributed by atoms with van der Waals surface area (Å²) < 4.78 is 5.27. The van der Waals surface area contributed by atoms with Crippen LogP contribution in [-0.2, 0) is 4.79 Å². The molecule has 104 valence electrons. The minimum Gasteiger partial charge on any atom is -0.495 e. The standard InChI is InChI=1S/C15H21NO3/c1-10(2)11-4-5-13(19-3)12(8-11)16-14(18)15(9-17)6-7-15/h4-5,8,10,17H,6-7,9H2,1-3H3,(H,16,18). The van der Waals surface area contributed by atoms with E-state index in [0.717, 1.165) is 18.4 Å². The fourth-order valence-electron chi connectivity index (χ4n) is 2.05. The lowest BCUT2D eigenvalue weighted by Gasteiger charge is -2.16. The Kier molecular flexibility index (Phi) is 3.80. The molecule has 4 heteroatoms. The fourth-order valence-corrected chi connectivity index (χ4v) is 2.05. The van der Waals surface area contributed by atoms with Gasteiger partial charge in [-0.1, -0.05) is 19.9 Å². The van der Waals surface area contributed by atoms with Gasteiger partial charge in [-0.15, -0.1) is 0 Å². The summed E-state index contributed by atoms with van der Waals surface area (Å²) in [6, 6.07) is 5.80. The van der Waals surface area contributed by atoms with E-state index in [0.29, 0.717) is 17.4 Å². The first-order valence-electron chi connectivity index (χ1n) is 6.62. The number of nitrogens with one attached hydrogen (secondary N) is 1. The van der Waals surface area contributed by atoms with E-state index in [1.54, 1.807) is 7.11 Å². The normalized spacial score (nSPS) is 16.3. The number of benzene rings is 1. The Hall–Kier alpha value is -1.55. The highest BCUT2D eigenvalue weighted by atomic mass is 16.5. The summed E-state index contributed by atoms with van der Waals surface area (Å²) in [6.07, 6.45) is 1.50. The highest BCUT2D eigenvalue weighted by molar-refractivity contribution is 5.98. The van der Waals surface area contributed by atoms with Crippen LogP contribution < -0.4 is 10.1 Å². The van der Waals surface area contributed by atoms with Crippen LogP contribution in [-0.4, -0.2) is 24.7 Å². The number of aliphatic hydroxyl groups is 1. The minimum absolute atomic E-state index is 0.0922. The molecule has 1 fully saturated rings. The average molecular weight is 263 g/mol. The van der Waals surface area contributed by atoms with Gasteiger partial charge in [0.15, 0.2) is 0 Å². The Morgan fingerprint density at radius 3 is 2.63 bits per heavy atom. The zero-order chi connectivity index (χ0) is 14.0. The van der Waals surface area contributed by atoms with Crippen LogP contribution in [0.1, 0.15) is 38.2 Å². The summed E-state index contributed by atoms with van der Waals surface area (Å²) in [5.74, 6) is 0.912. The molecule has 4 nitrogen and oxygen atoms in total. The van der Waals surface area contributed by atoms with E-state index in [9.17, 15) is 9.90 Å². The van der Waals surface area contributed by atoms with E-state index in [2.05, 4.69) is 19.2 Å². The van der Waals surface area contributed by atoms with Crippen LogP contribution in [0.5, 0.6) is 5.75 Å². The Balaban J connectivity index is 2.22. The van der Waals surface area contributed by atoms with E-state index in [4.69, 9.17) is 4.74 Å². The van der Waals surface area contributed by atoms with Gasteiger partial charge in [0, 0.05) is 0 Å². The first-order chi connectivity index (χ1) is 9.02. The second-order valence-corrected chi connectivity index (χ2v) is 5.51. The predicted octanol–water partition coefficient (Wildman–Crippen LogP) is 2.53. The maximum atomic E-state index is 12.2. The van der Waals surface area contributed by atoms with Crippen LogP contribution in [0.25, 0.3) is 0 Å². The molecular weight excluding hydrogens is 242 g/mol. The highest BCUT2D eigenvalue weighted by Crippen LogP contribution is 2.46. The number of methoxy groups -OCH3 is 1. The Labute approximate surface area is 113 Å². The van der Waals surface area contributed by atoms with Crippen molar-refractivity contribution >= 4 is 11.6 Å². The second-order valence-electron chi connectivity index (χ2n) is 5.51. The molecule has 19 heavy (non-hydrogen) atoms. The monoisotopic (exact) mass is 263 g/mol. The average Bonchev–Trinajstić information content (AvgIpc) is 3.19. The third-order valence-electron chi connectivity index (χ3n) is 3.78. The predicted molar refractivity (Wildman–Crippen MR) is 74.5 cm³/mol. The van der Waals surface area contributed by atoms with Gasteiger partial charge in [-0.3, -0.25) is 4.79 Å². The molecule has 1 aliphatic rings. The molecule has 2 rings (SSSR count). The molecule has 0 atom stereocenters. The molecule has 0 radical (unpaired) electrons. The van der Waals surface area contributed by atoms with Crippen LogP contribution in [0.3, 0.4) is 0 Å². The van der Waals surface area contributed by atoms with Gasteiger partial charge >= 0.3 is 0 Å². The van der Waals surface area contributed by atoms with Gasteiger partial charge in [0.05, 0.1) is 24.8 Å². The summed E-state index contributed by atoms with van der Waals surface area (Å²) in [5, 5.41) is 12.2. The molecule has 1 amide bonds. The highest BCUT2D eigenvalue weighted by Gasteiger charge is 2.49. The number of rotatable bonds is 5. The molecule has 1 aromatic rings. The largest absolute Gasteiger partial charge is 0.495 e. The molecule has 1 aromatic carbocycles. The van der Waals surface area contributed by atoms with Crippen LogP contribution in [0.15, 0.2) is 18.2 Å². The quantitative estimate of drug-likeness (QED) is 0.858. The van der Waals surface area contributed by atoms with E-state index < -0.39 is 5.41 Å². The van der Waals surface area contributed by atoms with Crippen molar-refractivity contribution < 1.29 is 14.6 Å². The van der Waals surface area contributed by atoms with Crippen molar-refractivity contribution in [2.75, 3.05) is 19.0 Å². The lowest BCUT2D eigenvalue weighted by Crippen LogP contribution is -2.27. The maximum absolute atomic E-state index is 12.2. The van der Waals surface area contributed by atoms with Gasteiger partial charge in [-0.05, 0) is 36.5 Å². The molecule has 1 aliphatic carbocycles. The van der Waals surface area contributed by atoms with E-state index in [1.165, 1.54) is 0 Å². The van der Waals surface area contributed by atoms with Crippen molar-refractivity contribution in [1.29, 1.82) is 0 Å². The first kappa shape index (κ1) is 13.9. The van der Waals surface area contributed by atoms with Gasteiger partial charge < -0.3 is 15.2 Å². The number of aliphatic hydroxyl groups excluding tert-OH is 1. The van der Waals surface area contributed by atoms with Crippen molar-refractivity contribution in [3.63, 3.8) is 0 Å². The second kappa shape index (κ2) is 5.21. The van der Waals surface area contributed by atoms with Crippen molar-refractivity contribution in [1.82, 2.24) is 0 Å². The van der Waals surface area contributed by atoms with Crippen LogP contribution in [0.4, 0.5) is 5.69 Å². The number of anilines is 1. The number of ether oxygens (including phenoxy) is 1. The van der Waals surface area contributed by atoms with Crippen molar-refractivity contribution in [3.05, 3.63) is 23.8 Å². The molecule has 0 spiro atoms. The number of hydrogen-bond donors (Lipinski definition) is 2. The van der Waals surface area contributed by atoms with Gasteiger partial charge in [0.2, 0.25) is 5.91 Å². The first-order valence-corrected chi connectivity index (χ1v) is 6.62. The van der Waals surface area contributed by atoms with Crippen LogP contribution >= 0.6 is 0 Å². The van der Waals surface area contributed by atoms with Crippen molar-refractivity contribution in [2.24, 2.45) is 5.41 Å². The fraction of sp³-hybridized carbons (Fsp3) is 0.533. The third-order valence-corrected chi connectivity index (χ3v) is 3.78. The molecule has 1 saturated carbocycles. The summed E-state index contributed by atoms with van der Waals surface area (Å²) in [6.45, 7) is 4.11. The molecule has 2 N–H and O–H groups in total. The number of amides is 1. The lowest BCUT2D eigenvalue weighted by molar-refractivity contribution is -0.122.